The summed E-state index contributed by atoms with van der Waals surface area (Å²) in [6.07, 6.45) is 0. The number of carboxylic acids is 1. The SMILES string of the molecule is Cc1c2oc3c(C)c(Cl)c(F)cc3c(-c3c(Cl)c(Cl)c(Cl)c(Cl)c3C(=O)O)c-2cc(F)c1=O. The molecule has 1 aliphatic carbocycles. The fourth-order valence-electron chi connectivity index (χ4n) is 3.70. The molecule has 4 rings (SSSR count). The second-order valence-corrected chi connectivity index (χ2v) is 9.04. The van der Waals surface area contributed by atoms with Crippen LogP contribution in [0, 0.1) is 25.5 Å². The largest absolute Gasteiger partial charge is 0.478 e. The standard InChI is InChI=1S/C22H9Cl5F2O4/c1-5-14(23)9(28)3-7-11(8-4-10(29)19(30)6(2)21(8)33-20(5)7)12-13(22(31)32)16(25)18(27)17(26)15(12)24/h3-4H,1-2H3,(H,31,32). The molecule has 0 saturated heterocycles. The molecule has 1 aliphatic heterocycles. The van der Waals surface area contributed by atoms with Gasteiger partial charge < -0.3 is 9.52 Å². The van der Waals surface area contributed by atoms with E-state index in [1.807, 2.05) is 0 Å². The van der Waals surface area contributed by atoms with Crippen molar-refractivity contribution in [2.75, 3.05) is 0 Å². The highest BCUT2D eigenvalue weighted by Crippen LogP contribution is 2.51. The van der Waals surface area contributed by atoms with Crippen LogP contribution in [0.5, 0.6) is 0 Å². The van der Waals surface area contributed by atoms with Crippen LogP contribution >= 0.6 is 58.0 Å². The van der Waals surface area contributed by atoms with Gasteiger partial charge in [0.2, 0.25) is 5.43 Å². The van der Waals surface area contributed by atoms with Crippen molar-refractivity contribution in [3.05, 3.63) is 75.8 Å². The van der Waals surface area contributed by atoms with Crippen molar-refractivity contribution in [3.8, 4) is 22.5 Å². The van der Waals surface area contributed by atoms with Gasteiger partial charge in [-0.05, 0) is 26.0 Å². The summed E-state index contributed by atoms with van der Waals surface area (Å²) in [4.78, 5) is 24.5. The molecule has 0 fully saturated rings. The molecule has 0 saturated carbocycles. The zero-order valence-corrected chi connectivity index (χ0v) is 20.3. The van der Waals surface area contributed by atoms with Gasteiger partial charge in [-0.3, -0.25) is 4.79 Å². The Morgan fingerprint density at radius 3 is 2.06 bits per heavy atom. The lowest BCUT2D eigenvalue weighted by atomic mass is 9.88. The Balaban J connectivity index is 2.43. The molecular weight excluding hydrogens is 543 g/mol. The molecule has 33 heavy (non-hydrogen) atoms. The zero-order valence-electron chi connectivity index (χ0n) is 16.5. The van der Waals surface area contributed by atoms with E-state index in [0.29, 0.717) is 0 Å². The molecule has 2 aliphatic rings. The van der Waals surface area contributed by atoms with Crippen LogP contribution < -0.4 is 5.43 Å². The highest BCUT2D eigenvalue weighted by atomic mass is 35.5. The van der Waals surface area contributed by atoms with E-state index in [-0.39, 0.29) is 64.6 Å². The van der Waals surface area contributed by atoms with Gasteiger partial charge in [0, 0.05) is 33.2 Å². The normalized spacial score (nSPS) is 11.5. The van der Waals surface area contributed by atoms with E-state index in [1.54, 1.807) is 0 Å². The molecular formula is C22H9Cl5F2O4. The van der Waals surface area contributed by atoms with Crippen molar-refractivity contribution in [2.24, 2.45) is 0 Å². The van der Waals surface area contributed by atoms with Crippen LogP contribution in [0.2, 0.25) is 25.1 Å². The summed E-state index contributed by atoms with van der Waals surface area (Å²) in [7, 11) is 0. The highest BCUT2D eigenvalue weighted by Gasteiger charge is 2.32. The number of halogens is 7. The number of hydrogen-bond acceptors (Lipinski definition) is 3. The maximum Gasteiger partial charge on any atom is 0.337 e. The third kappa shape index (κ3) is 3.47. The van der Waals surface area contributed by atoms with E-state index in [4.69, 9.17) is 62.4 Å². The lowest BCUT2D eigenvalue weighted by Gasteiger charge is -2.21. The Bertz CT molecular complexity index is 1560. The second kappa shape index (κ2) is 8.29. The molecule has 2 aromatic carbocycles. The molecule has 0 unspecified atom stereocenters. The smallest absolute Gasteiger partial charge is 0.337 e. The Labute approximate surface area is 209 Å². The molecule has 0 bridgehead atoms. The lowest BCUT2D eigenvalue weighted by molar-refractivity contribution is 0.0698. The summed E-state index contributed by atoms with van der Waals surface area (Å²) in [5.41, 5.74) is -1.80. The van der Waals surface area contributed by atoms with Crippen molar-refractivity contribution < 1.29 is 23.1 Å². The monoisotopic (exact) mass is 550 g/mol. The third-order valence-electron chi connectivity index (χ3n) is 5.28. The summed E-state index contributed by atoms with van der Waals surface area (Å²) in [6.45, 7) is 2.79. The Kier molecular flexibility index (Phi) is 6.04. The van der Waals surface area contributed by atoms with Gasteiger partial charge in [0.05, 0.1) is 30.7 Å². The van der Waals surface area contributed by atoms with Crippen molar-refractivity contribution in [3.63, 3.8) is 0 Å². The summed E-state index contributed by atoms with van der Waals surface area (Å²) >= 11 is 31.0. The minimum absolute atomic E-state index is 0.00166. The molecule has 4 nitrogen and oxygen atoms in total. The Hall–Kier alpha value is -2.09. The summed E-state index contributed by atoms with van der Waals surface area (Å²) in [5, 5.41) is 8.32. The van der Waals surface area contributed by atoms with Crippen molar-refractivity contribution in [1.82, 2.24) is 0 Å². The molecule has 1 heterocycles. The number of aromatic carboxylic acids is 1. The van der Waals surface area contributed by atoms with Crippen molar-refractivity contribution >= 4 is 74.9 Å². The van der Waals surface area contributed by atoms with Crippen molar-refractivity contribution in [2.45, 2.75) is 13.8 Å². The van der Waals surface area contributed by atoms with E-state index in [0.717, 1.165) is 12.1 Å². The summed E-state index contributed by atoms with van der Waals surface area (Å²) in [6, 6.07) is 1.84. The van der Waals surface area contributed by atoms with Crippen LogP contribution in [0.3, 0.4) is 0 Å². The molecule has 2 aromatic rings. The number of fused-ring (bicyclic) bond motifs is 2. The molecule has 0 atom stereocenters. The Morgan fingerprint density at radius 2 is 1.45 bits per heavy atom. The van der Waals surface area contributed by atoms with Gasteiger partial charge in [0.15, 0.2) is 5.82 Å². The van der Waals surface area contributed by atoms with Crippen LogP contribution in [-0.4, -0.2) is 11.1 Å². The number of aryl methyl sites for hydroxylation is 1. The average Bonchev–Trinajstić information content (AvgIpc) is 2.76. The maximum absolute atomic E-state index is 14.7. The van der Waals surface area contributed by atoms with Crippen LogP contribution in [-0.2, 0) is 0 Å². The summed E-state index contributed by atoms with van der Waals surface area (Å²) in [5.74, 6) is -3.60. The van der Waals surface area contributed by atoms with Crippen LogP contribution in [0.15, 0.2) is 21.3 Å². The lowest BCUT2D eigenvalue weighted by Crippen LogP contribution is -2.13. The molecule has 1 N–H and O–H groups in total. The van der Waals surface area contributed by atoms with E-state index in [2.05, 4.69) is 0 Å². The molecule has 0 spiro atoms. The van der Waals surface area contributed by atoms with Crippen molar-refractivity contribution in [1.29, 1.82) is 0 Å². The molecule has 0 aromatic heterocycles. The van der Waals surface area contributed by atoms with Gasteiger partial charge in [0.1, 0.15) is 17.2 Å². The first-order chi connectivity index (χ1) is 15.4. The number of benzene rings is 3. The van der Waals surface area contributed by atoms with Gasteiger partial charge >= 0.3 is 5.97 Å². The fourth-order valence-corrected chi connectivity index (χ4v) is 4.87. The van der Waals surface area contributed by atoms with E-state index in [1.165, 1.54) is 13.8 Å². The van der Waals surface area contributed by atoms with Gasteiger partial charge in [-0.15, -0.1) is 0 Å². The minimum atomic E-state index is -1.53. The second-order valence-electron chi connectivity index (χ2n) is 7.15. The van der Waals surface area contributed by atoms with Crippen LogP contribution in [0.4, 0.5) is 8.78 Å². The highest BCUT2D eigenvalue weighted by molar-refractivity contribution is 6.54. The predicted octanol–water partition coefficient (Wildman–Crippen LogP) is 8.43. The van der Waals surface area contributed by atoms with Gasteiger partial charge in [-0.2, -0.15) is 0 Å². The number of carbonyl (C=O) groups is 1. The third-order valence-corrected chi connectivity index (χ3v) is 7.55. The van der Waals surface area contributed by atoms with Gasteiger partial charge in [0.25, 0.3) is 0 Å². The fraction of sp³-hybridized carbons (Fsp3) is 0.0909. The van der Waals surface area contributed by atoms with Gasteiger partial charge in [-0.1, -0.05) is 58.0 Å². The van der Waals surface area contributed by atoms with E-state index in [9.17, 15) is 23.5 Å². The topological polar surface area (TPSA) is 67.5 Å². The first-order valence-corrected chi connectivity index (χ1v) is 10.9. The number of hydrogen-bond donors (Lipinski definition) is 1. The van der Waals surface area contributed by atoms with E-state index < -0.39 is 33.6 Å². The average molecular weight is 553 g/mol. The van der Waals surface area contributed by atoms with Gasteiger partial charge in [-0.25, -0.2) is 13.6 Å². The van der Waals surface area contributed by atoms with Crippen LogP contribution in [0.1, 0.15) is 21.5 Å². The van der Waals surface area contributed by atoms with E-state index >= 15 is 0 Å². The first kappa shape index (κ1) is 24.0. The predicted molar refractivity (Wildman–Crippen MR) is 126 cm³/mol. The molecule has 0 radical (unpaired) electrons. The minimum Gasteiger partial charge on any atom is -0.478 e. The van der Waals surface area contributed by atoms with Crippen LogP contribution in [0.25, 0.3) is 33.4 Å². The molecule has 11 heteroatoms. The quantitative estimate of drug-likeness (QED) is 0.154. The summed E-state index contributed by atoms with van der Waals surface area (Å²) < 4.78 is 35.1. The Morgan fingerprint density at radius 1 is 0.848 bits per heavy atom. The molecule has 170 valence electrons. The first-order valence-electron chi connectivity index (χ1n) is 9.02. The number of carboxylic acid groups (broad SMARTS) is 1. The maximum atomic E-state index is 14.7. The molecule has 0 amide bonds. The zero-order chi connectivity index (χ0) is 24.5. The number of rotatable bonds is 2.